The summed E-state index contributed by atoms with van der Waals surface area (Å²) in [5, 5.41) is 16.1. The molecule has 0 spiro atoms. The molecular formula is C22H19Cl2N5OS2. The van der Waals surface area contributed by atoms with Crippen LogP contribution < -0.4 is 5.32 Å². The summed E-state index contributed by atoms with van der Waals surface area (Å²) in [5.74, 6) is 0.987. The maximum atomic E-state index is 12.1. The molecule has 0 aliphatic rings. The normalized spacial score (nSPS) is 11.0. The lowest BCUT2D eigenvalue weighted by molar-refractivity contribution is 0.0949. The van der Waals surface area contributed by atoms with Gasteiger partial charge in [-0.1, -0.05) is 66.2 Å². The minimum atomic E-state index is -0.153. The zero-order valence-electron chi connectivity index (χ0n) is 17.1. The van der Waals surface area contributed by atoms with Crippen LogP contribution in [-0.2, 0) is 5.75 Å². The zero-order chi connectivity index (χ0) is 22.5. The number of hydrogen-bond donors (Lipinski definition) is 1. The molecule has 0 aliphatic heterocycles. The number of thiazole rings is 1. The molecule has 4 aromatic rings. The first-order chi connectivity index (χ1) is 15.6. The summed E-state index contributed by atoms with van der Waals surface area (Å²) in [6.45, 7) is 2.64. The van der Waals surface area contributed by atoms with Crippen molar-refractivity contribution in [2.24, 2.45) is 0 Å². The lowest BCUT2D eigenvalue weighted by Crippen LogP contribution is -2.24. The van der Waals surface area contributed by atoms with E-state index in [0.29, 0.717) is 39.0 Å². The van der Waals surface area contributed by atoms with Crippen LogP contribution in [0.4, 0.5) is 0 Å². The zero-order valence-corrected chi connectivity index (χ0v) is 20.2. The molecule has 32 heavy (non-hydrogen) atoms. The van der Waals surface area contributed by atoms with E-state index >= 15 is 0 Å². The fraction of sp³-hybridized carbons (Fsp3) is 0.182. The van der Waals surface area contributed by atoms with E-state index < -0.39 is 0 Å². The van der Waals surface area contributed by atoms with Gasteiger partial charge in [0.25, 0.3) is 5.91 Å². The van der Waals surface area contributed by atoms with Gasteiger partial charge in [0.15, 0.2) is 11.0 Å². The van der Waals surface area contributed by atoms with Crippen molar-refractivity contribution >= 4 is 52.2 Å². The average Bonchev–Trinajstić information content (AvgIpc) is 3.44. The molecule has 4 rings (SSSR count). The second-order valence-corrected chi connectivity index (χ2v) is 9.44. The number of hydrogen-bond acceptors (Lipinski definition) is 6. The second kappa shape index (κ2) is 10.5. The SMILES string of the molecule is CCCNC(=O)c1csc(CSc2nnc(-c3ccccc3Cl)n2-c2ccccc2Cl)n1. The predicted octanol–water partition coefficient (Wildman–Crippen LogP) is 6.13. The van der Waals surface area contributed by atoms with Crippen LogP contribution in [0.15, 0.2) is 59.1 Å². The number of carbonyl (C=O) groups is 1. The van der Waals surface area contributed by atoms with Gasteiger partial charge in [0.1, 0.15) is 10.7 Å². The highest BCUT2D eigenvalue weighted by Crippen LogP contribution is 2.35. The van der Waals surface area contributed by atoms with Gasteiger partial charge in [-0.2, -0.15) is 0 Å². The van der Waals surface area contributed by atoms with Gasteiger partial charge in [0.05, 0.1) is 21.5 Å². The molecule has 0 atom stereocenters. The second-order valence-electron chi connectivity index (χ2n) is 6.74. The Morgan fingerprint density at radius 3 is 2.59 bits per heavy atom. The van der Waals surface area contributed by atoms with E-state index in [1.165, 1.54) is 23.1 Å². The largest absolute Gasteiger partial charge is 0.351 e. The van der Waals surface area contributed by atoms with Crippen molar-refractivity contribution in [3.8, 4) is 17.1 Å². The van der Waals surface area contributed by atoms with Crippen LogP contribution >= 0.6 is 46.3 Å². The summed E-state index contributed by atoms with van der Waals surface area (Å²) in [4.78, 5) is 16.6. The number of aromatic nitrogens is 4. The number of carbonyl (C=O) groups excluding carboxylic acids is 1. The minimum absolute atomic E-state index is 0.153. The van der Waals surface area contributed by atoms with Crippen molar-refractivity contribution in [1.29, 1.82) is 0 Å². The van der Waals surface area contributed by atoms with Gasteiger partial charge in [-0.05, 0) is 30.7 Å². The van der Waals surface area contributed by atoms with E-state index in [-0.39, 0.29) is 5.91 Å². The highest BCUT2D eigenvalue weighted by molar-refractivity contribution is 7.98. The Morgan fingerprint density at radius 2 is 1.84 bits per heavy atom. The van der Waals surface area contributed by atoms with Gasteiger partial charge in [-0.25, -0.2) is 4.98 Å². The number of para-hydroxylation sites is 1. The van der Waals surface area contributed by atoms with Gasteiger partial charge in [0, 0.05) is 17.5 Å². The third-order valence-electron chi connectivity index (χ3n) is 4.49. The molecule has 0 saturated heterocycles. The van der Waals surface area contributed by atoms with Crippen LogP contribution in [0, 0.1) is 0 Å². The van der Waals surface area contributed by atoms with E-state index in [1.54, 1.807) is 5.38 Å². The van der Waals surface area contributed by atoms with Crippen molar-refractivity contribution in [2.75, 3.05) is 6.54 Å². The maximum absolute atomic E-state index is 12.1. The average molecular weight is 504 g/mol. The van der Waals surface area contributed by atoms with Crippen molar-refractivity contribution < 1.29 is 4.79 Å². The van der Waals surface area contributed by atoms with Crippen molar-refractivity contribution in [3.05, 3.63) is 74.7 Å². The van der Waals surface area contributed by atoms with Crippen LogP contribution in [0.2, 0.25) is 10.0 Å². The molecule has 0 aliphatic carbocycles. The van der Waals surface area contributed by atoms with Crippen LogP contribution in [0.25, 0.3) is 17.1 Å². The van der Waals surface area contributed by atoms with Gasteiger partial charge in [-0.15, -0.1) is 21.5 Å². The monoisotopic (exact) mass is 503 g/mol. The molecule has 2 aromatic heterocycles. The summed E-state index contributed by atoms with van der Waals surface area (Å²) in [5.41, 5.74) is 1.95. The lowest BCUT2D eigenvalue weighted by atomic mass is 10.2. The third-order valence-corrected chi connectivity index (χ3v) is 7.11. The topological polar surface area (TPSA) is 72.7 Å². The van der Waals surface area contributed by atoms with Crippen LogP contribution in [0.5, 0.6) is 0 Å². The molecule has 0 fully saturated rings. The number of thioether (sulfide) groups is 1. The smallest absolute Gasteiger partial charge is 0.270 e. The molecule has 0 bridgehead atoms. The first kappa shape index (κ1) is 22.8. The van der Waals surface area contributed by atoms with Crippen LogP contribution in [0.1, 0.15) is 28.8 Å². The molecule has 10 heteroatoms. The standard InChI is InChI=1S/C22H19Cl2N5OS2/c1-2-11-25-21(30)17-12-31-19(26-17)13-32-22-28-27-20(14-7-3-4-8-15(14)23)29(22)18-10-6-5-9-16(18)24/h3-10,12H,2,11,13H2,1H3,(H,25,30). The van der Waals surface area contributed by atoms with Crippen molar-refractivity contribution in [2.45, 2.75) is 24.3 Å². The Morgan fingerprint density at radius 1 is 1.09 bits per heavy atom. The van der Waals surface area contributed by atoms with E-state index in [2.05, 4.69) is 20.5 Å². The van der Waals surface area contributed by atoms with E-state index in [1.807, 2.05) is 60.0 Å². The summed E-state index contributed by atoms with van der Waals surface area (Å²) in [7, 11) is 0. The molecule has 2 aromatic carbocycles. The molecule has 1 amide bonds. The van der Waals surface area contributed by atoms with E-state index in [9.17, 15) is 4.79 Å². The fourth-order valence-corrected chi connectivity index (χ4v) is 5.15. The number of nitrogens with one attached hydrogen (secondary N) is 1. The Bertz CT molecular complexity index is 1240. The molecule has 0 unspecified atom stereocenters. The number of halogens is 2. The quantitative estimate of drug-likeness (QED) is 0.292. The van der Waals surface area contributed by atoms with Crippen LogP contribution in [0.3, 0.4) is 0 Å². The van der Waals surface area contributed by atoms with Gasteiger partial charge < -0.3 is 5.32 Å². The molecule has 6 nitrogen and oxygen atoms in total. The Balaban J connectivity index is 1.64. The first-order valence-electron chi connectivity index (χ1n) is 9.89. The first-order valence-corrected chi connectivity index (χ1v) is 12.5. The highest BCUT2D eigenvalue weighted by Gasteiger charge is 2.20. The predicted molar refractivity (Wildman–Crippen MR) is 131 cm³/mol. The number of amides is 1. The van der Waals surface area contributed by atoms with Crippen molar-refractivity contribution in [3.63, 3.8) is 0 Å². The third kappa shape index (κ3) is 4.99. The van der Waals surface area contributed by atoms with E-state index in [0.717, 1.165) is 22.7 Å². The number of nitrogens with zero attached hydrogens (tertiary/aromatic N) is 4. The molecule has 0 radical (unpaired) electrons. The summed E-state index contributed by atoms with van der Waals surface area (Å²) in [6, 6.07) is 15.0. The van der Waals surface area contributed by atoms with E-state index in [4.69, 9.17) is 23.2 Å². The summed E-state index contributed by atoms with van der Waals surface area (Å²) >= 11 is 15.9. The molecule has 2 heterocycles. The highest BCUT2D eigenvalue weighted by atomic mass is 35.5. The lowest BCUT2D eigenvalue weighted by Gasteiger charge is -2.12. The number of benzene rings is 2. The van der Waals surface area contributed by atoms with Gasteiger partial charge in [-0.3, -0.25) is 9.36 Å². The van der Waals surface area contributed by atoms with Gasteiger partial charge >= 0.3 is 0 Å². The van der Waals surface area contributed by atoms with Crippen LogP contribution in [-0.4, -0.2) is 32.2 Å². The fourth-order valence-electron chi connectivity index (χ4n) is 2.97. The molecular weight excluding hydrogens is 485 g/mol. The minimum Gasteiger partial charge on any atom is -0.351 e. The Labute approximate surface area is 204 Å². The molecule has 0 saturated carbocycles. The maximum Gasteiger partial charge on any atom is 0.270 e. The molecule has 164 valence electrons. The molecule has 1 N–H and O–H groups in total. The summed E-state index contributed by atoms with van der Waals surface area (Å²) < 4.78 is 1.90. The number of rotatable bonds is 8. The Kier molecular flexibility index (Phi) is 7.47. The van der Waals surface area contributed by atoms with Crippen molar-refractivity contribution in [1.82, 2.24) is 25.1 Å². The van der Waals surface area contributed by atoms with Gasteiger partial charge in [0.2, 0.25) is 0 Å². The summed E-state index contributed by atoms with van der Waals surface area (Å²) in [6.07, 6.45) is 0.879. The Hall–Kier alpha value is -2.39.